The first-order valence-corrected chi connectivity index (χ1v) is 7.95. The van der Waals surface area contributed by atoms with Crippen LogP contribution in [0.1, 0.15) is 6.23 Å². The van der Waals surface area contributed by atoms with Gasteiger partial charge in [-0.25, -0.2) is 19.5 Å². The third-order valence-electron chi connectivity index (χ3n) is 3.41. The maximum absolute atomic E-state index is 10.7. The van der Waals surface area contributed by atoms with Gasteiger partial charge in [0.15, 0.2) is 17.7 Å². The highest BCUT2D eigenvalue weighted by Gasteiger charge is 2.45. The lowest BCUT2D eigenvalue weighted by molar-refractivity contribution is -0.0504. The van der Waals surface area contributed by atoms with Crippen LogP contribution in [0.15, 0.2) is 12.7 Å². The summed E-state index contributed by atoms with van der Waals surface area (Å²) < 4.78 is 21.8. The Balaban J connectivity index is 0.00000208. The van der Waals surface area contributed by atoms with E-state index in [4.69, 9.17) is 20.3 Å². The number of aromatic nitrogens is 4. The minimum absolute atomic E-state index is 0. The van der Waals surface area contributed by atoms with Gasteiger partial charge in [0.05, 0.1) is 12.9 Å². The average molecular weight is 364 g/mol. The number of phosphoric acid groups is 1. The van der Waals surface area contributed by atoms with Crippen LogP contribution in [-0.2, 0) is 13.8 Å². The molecule has 134 valence electrons. The zero-order chi connectivity index (χ0) is 16.8. The number of nitrogens with two attached hydrogens (primary N) is 1. The van der Waals surface area contributed by atoms with Gasteiger partial charge in [0, 0.05) is 0 Å². The van der Waals surface area contributed by atoms with Crippen LogP contribution in [-0.4, -0.2) is 64.4 Å². The van der Waals surface area contributed by atoms with Gasteiger partial charge in [-0.15, -0.1) is 0 Å². The lowest BCUT2D eigenvalue weighted by atomic mass is 10.1. The van der Waals surface area contributed by atoms with Gasteiger partial charge < -0.3 is 36.6 Å². The SMILES string of the molecule is N.Nc1ncnc2c1ncn2C1OC(COP(=O)(O)O)C(O)C1O. The van der Waals surface area contributed by atoms with Gasteiger partial charge in [0.2, 0.25) is 0 Å². The summed E-state index contributed by atoms with van der Waals surface area (Å²) in [6.45, 7) is -0.594. The number of fused-ring (bicyclic) bond motifs is 1. The largest absolute Gasteiger partial charge is 0.469 e. The zero-order valence-corrected chi connectivity index (χ0v) is 13.1. The van der Waals surface area contributed by atoms with E-state index in [0.717, 1.165) is 0 Å². The Bertz CT molecular complexity index is 765. The molecule has 2 aromatic rings. The van der Waals surface area contributed by atoms with Crippen LogP contribution in [0, 0.1) is 0 Å². The van der Waals surface area contributed by atoms with E-state index in [1.807, 2.05) is 0 Å². The molecule has 0 aromatic carbocycles. The van der Waals surface area contributed by atoms with E-state index in [1.54, 1.807) is 0 Å². The van der Waals surface area contributed by atoms with Gasteiger partial charge in [0.25, 0.3) is 0 Å². The first-order chi connectivity index (χ1) is 10.8. The molecule has 24 heavy (non-hydrogen) atoms. The lowest BCUT2D eigenvalue weighted by Crippen LogP contribution is -2.33. The second-order valence-corrected chi connectivity index (χ2v) is 6.15. The Kier molecular flexibility index (Phi) is 5.17. The molecule has 0 amide bonds. The van der Waals surface area contributed by atoms with Crippen molar-refractivity contribution in [1.82, 2.24) is 25.7 Å². The molecule has 14 heteroatoms. The van der Waals surface area contributed by atoms with Crippen LogP contribution in [0.3, 0.4) is 0 Å². The molecule has 0 aliphatic carbocycles. The smallest absolute Gasteiger partial charge is 0.387 e. The van der Waals surface area contributed by atoms with E-state index in [2.05, 4.69) is 19.5 Å². The van der Waals surface area contributed by atoms with Crippen molar-refractivity contribution in [2.75, 3.05) is 12.3 Å². The second-order valence-electron chi connectivity index (χ2n) is 4.92. The summed E-state index contributed by atoms with van der Waals surface area (Å²) in [5, 5.41) is 20.1. The molecule has 4 atom stereocenters. The summed E-state index contributed by atoms with van der Waals surface area (Å²) in [6.07, 6.45) is -2.49. The van der Waals surface area contributed by atoms with Crippen molar-refractivity contribution in [3.63, 3.8) is 0 Å². The number of imidazole rings is 1. The predicted octanol–water partition coefficient (Wildman–Crippen LogP) is -1.70. The molecule has 0 bridgehead atoms. The quantitative estimate of drug-likeness (QED) is 0.334. The van der Waals surface area contributed by atoms with Crippen LogP contribution < -0.4 is 11.9 Å². The summed E-state index contributed by atoms with van der Waals surface area (Å²) in [4.78, 5) is 29.2. The first-order valence-electron chi connectivity index (χ1n) is 6.42. The second kappa shape index (κ2) is 6.66. The maximum atomic E-state index is 10.7. The van der Waals surface area contributed by atoms with Crippen molar-refractivity contribution in [3.8, 4) is 0 Å². The van der Waals surface area contributed by atoms with E-state index in [0.29, 0.717) is 5.52 Å². The maximum Gasteiger partial charge on any atom is 0.469 e. The molecule has 0 radical (unpaired) electrons. The van der Waals surface area contributed by atoms with Crippen molar-refractivity contribution >= 4 is 24.8 Å². The lowest BCUT2D eigenvalue weighted by Gasteiger charge is -2.16. The van der Waals surface area contributed by atoms with Crippen molar-refractivity contribution in [2.45, 2.75) is 24.5 Å². The minimum atomic E-state index is -4.72. The molecule has 1 aliphatic rings. The van der Waals surface area contributed by atoms with E-state index < -0.39 is 39.0 Å². The topological polar surface area (TPSA) is 221 Å². The molecule has 0 saturated carbocycles. The Morgan fingerprint density at radius 3 is 2.67 bits per heavy atom. The molecule has 9 N–H and O–H groups in total. The Morgan fingerprint density at radius 2 is 2.00 bits per heavy atom. The van der Waals surface area contributed by atoms with Crippen molar-refractivity contribution in [3.05, 3.63) is 12.7 Å². The van der Waals surface area contributed by atoms with Crippen LogP contribution in [0.25, 0.3) is 11.2 Å². The number of anilines is 1. The fourth-order valence-corrected chi connectivity index (χ4v) is 2.66. The van der Waals surface area contributed by atoms with E-state index >= 15 is 0 Å². The fourth-order valence-electron chi connectivity index (χ4n) is 2.32. The van der Waals surface area contributed by atoms with Gasteiger partial charge in [0.1, 0.15) is 30.2 Å². The first kappa shape index (κ1) is 18.6. The summed E-state index contributed by atoms with van der Waals surface area (Å²) in [5.74, 6) is 0.142. The monoisotopic (exact) mass is 364 g/mol. The number of rotatable bonds is 4. The van der Waals surface area contributed by atoms with E-state index in [-0.39, 0.29) is 17.6 Å². The van der Waals surface area contributed by atoms with Gasteiger partial charge in [-0.1, -0.05) is 0 Å². The van der Waals surface area contributed by atoms with Gasteiger partial charge in [-0.3, -0.25) is 9.09 Å². The molecule has 1 fully saturated rings. The number of ether oxygens (including phenoxy) is 1. The standard InChI is InChI=1S/C10H14N5O7P.H3N/c11-8-5-9(13-2-12-8)15(3-14-5)10-7(17)6(16)4(22-10)1-21-23(18,19)20;/h2-4,6-7,10,16-17H,1H2,(H2,11,12,13)(H2,18,19,20);1H3. The molecule has 1 saturated heterocycles. The Morgan fingerprint density at radius 1 is 1.29 bits per heavy atom. The zero-order valence-electron chi connectivity index (χ0n) is 12.2. The number of nitrogen functional groups attached to an aromatic ring is 1. The Labute approximate surface area is 134 Å². The highest BCUT2D eigenvalue weighted by molar-refractivity contribution is 7.46. The number of hydrogen-bond donors (Lipinski definition) is 6. The molecule has 3 heterocycles. The van der Waals surface area contributed by atoms with E-state index in [9.17, 15) is 14.8 Å². The number of aliphatic hydroxyl groups is 2. The average Bonchev–Trinajstić information content (AvgIpc) is 3.01. The molecule has 0 spiro atoms. The predicted molar refractivity (Wildman–Crippen MR) is 78.7 cm³/mol. The Hall–Kier alpha value is -1.70. The van der Waals surface area contributed by atoms with Crippen molar-refractivity contribution in [1.29, 1.82) is 0 Å². The normalized spacial score (nSPS) is 27.3. The van der Waals surface area contributed by atoms with Crippen LogP contribution in [0.4, 0.5) is 5.82 Å². The minimum Gasteiger partial charge on any atom is -0.387 e. The van der Waals surface area contributed by atoms with Crippen LogP contribution >= 0.6 is 7.82 Å². The van der Waals surface area contributed by atoms with Crippen LogP contribution in [0.2, 0.25) is 0 Å². The molecule has 3 rings (SSSR count). The third kappa shape index (κ3) is 3.38. The summed E-state index contributed by atoms with van der Waals surface area (Å²) in [5.41, 5.74) is 6.25. The van der Waals surface area contributed by atoms with Crippen LogP contribution in [0.5, 0.6) is 0 Å². The highest BCUT2D eigenvalue weighted by atomic mass is 31.2. The van der Waals surface area contributed by atoms with Crippen molar-refractivity contribution < 1.29 is 33.8 Å². The molecule has 2 aromatic heterocycles. The number of phosphoric ester groups is 1. The molecule has 4 unspecified atom stereocenters. The summed E-state index contributed by atoms with van der Waals surface area (Å²) in [7, 11) is -4.72. The molecule has 13 nitrogen and oxygen atoms in total. The van der Waals surface area contributed by atoms with Crippen molar-refractivity contribution in [2.24, 2.45) is 0 Å². The number of aliphatic hydroxyl groups excluding tert-OH is 2. The van der Waals surface area contributed by atoms with E-state index in [1.165, 1.54) is 17.2 Å². The summed E-state index contributed by atoms with van der Waals surface area (Å²) in [6, 6.07) is 0. The number of nitrogens with zero attached hydrogens (tertiary/aromatic N) is 4. The van der Waals surface area contributed by atoms with Gasteiger partial charge in [-0.2, -0.15) is 0 Å². The number of hydrogen-bond acceptors (Lipinski definition) is 10. The molecular formula is C10H17N6O7P. The fraction of sp³-hybridized carbons (Fsp3) is 0.500. The van der Waals surface area contributed by atoms with Gasteiger partial charge >= 0.3 is 7.82 Å². The van der Waals surface area contributed by atoms with Gasteiger partial charge in [-0.05, 0) is 0 Å². The molecular weight excluding hydrogens is 347 g/mol. The third-order valence-corrected chi connectivity index (χ3v) is 3.89. The highest BCUT2D eigenvalue weighted by Crippen LogP contribution is 2.38. The molecule has 1 aliphatic heterocycles. The summed E-state index contributed by atoms with van der Waals surface area (Å²) >= 11 is 0.